The van der Waals surface area contributed by atoms with Crippen LogP contribution in [0.3, 0.4) is 0 Å². The van der Waals surface area contributed by atoms with Crippen molar-refractivity contribution in [3.8, 4) is 0 Å². The maximum Gasteiger partial charge on any atom is 0.272 e. The third kappa shape index (κ3) is 3.61. The van der Waals surface area contributed by atoms with E-state index < -0.39 is 16.9 Å². The highest BCUT2D eigenvalue weighted by atomic mass is 16.6. The number of benzene rings is 1. The van der Waals surface area contributed by atoms with Gasteiger partial charge in [0.05, 0.1) is 11.0 Å². The number of nitrogens with zero attached hydrogens (tertiary/aromatic N) is 1. The first kappa shape index (κ1) is 14.8. The molecule has 0 saturated carbocycles. The second-order valence-electron chi connectivity index (χ2n) is 4.27. The van der Waals surface area contributed by atoms with Crippen LogP contribution < -0.4 is 5.32 Å². The summed E-state index contributed by atoms with van der Waals surface area (Å²) in [7, 11) is 0. The lowest BCUT2D eigenvalue weighted by atomic mass is 10.1. The third-order valence-corrected chi connectivity index (χ3v) is 2.83. The molecule has 0 saturated heterocycles. The first-order valence-electron chi connectivity index (χ1n) is 5.95. The van der Waals surface area contributed by atoms with Gasteiger partial charge in [-0.3, -0.25) is 19.7 Å². The number of rotatable bonds is 5. The Balaban J connectivity index is 2.87. The molecule has 0 fully saturated rings. The van der Waals surface area contributed by atoms with E-state index in [1.165, 1.54) is 18.2 Å². The zero-order chi connectivity index (χ0) is 14.6. The van der Waals surface area contributed by atoms with Gasteiger partial charge in [-0.05, 0) is 26.0 Å². The van der Waals surface area contributed by atoms with Crippen molar-refractivity contribution in [3.63, 3.8) is 0 Å². The molecule has 0 heterocycles. The Kier molecular flexibility index (Phi) is 4.74. The second-order valence-corrected chi connectivity index (χ2v) is 4.27. The van der Waals surface area contributed by atoms with Crippen molar-refractivity contribution in [1.82, 2.24) is 5.32 Å². The molecule has 1 aromatic carbocycles. The average molecular weight is 264 g/mol. The van der Waals surface area contributed by atoms with Gasteiger partial charge in [0.2, 0.25) is 0 Å². The van der Waals surface area contributed by atoms with Gasteiger partial charge in [-0.25, -0.2) is 0 Å². The van der Waals surface area contributed by atoms with Crippen molar-refractivity contribution in [1.29, 1.82) is 0 Å². The fraction of sp³-hybridized carbons (Fsp3) is 0.385. The Bertz CT molecular complexity index is 525. The van der Waals surface area contributed by atoms with E-state index in [0.29, 0.717) is 17.5 Å². The third-order valence-electron chi connectivity index (χ3n) is 2.83. The molecular formula is C13H16N2O4. The van der Waals surface area contributed by atoms with Gasteiger partial charge in [0, 0.05) is 23.6 Å². The summed E-state index contributed by atoms with van der Waals surface area (Å²) in [5.41, 5.74) is 0.681. The lowest BCUT2D eigenvalue weighted by molar-refractivity contribution is -0.385. The van der Waals surface area contributed by atoms with Crippen molar-refractivity contribution in [2.24, 2.45) is 0 Å². The van der Waals surface area contributed by atoms with Crippen molar-refractivity contribution in [3.05, 3.63) is 39.4 Å². The van der Waals surface area contributed by atoms with Gasteiger partial charge in [-0.2, -0.15) is 0 Å². The van der Waals surface area contributed by atoms with Crippen LogP contribution in [0.15, 0.2) is 18.2 Å². The summed E-state index contributed by atoms with van der Waals surface area (Å²) in [6.45, 7) is 4.90. The monoisotopic (exact) mass is 264 g/mol. The summed E-state index contributed by atoms with van der Waals surface area (Å²) < 4.78 is 0. The summed E-state index contributed by atoms with van der Waals surface area (Å²) >= 11 is 0. The lowest BCUT2D eigenvalue weighted by Gasteiger charge is -2.12. The van der Waals surface area contributed by atoms with E-state index in [0.717, 1.165) is 0 Å². The molecule has 6 heteroatoms. The first-order chi connectivity index (χ1) is 8.86. The van der Waals surface area contributed by atoms with Gasteiger partial charge in [0.15, 0.2) is 5.78 Å². The number of hydrogen-bond donors (Lipinski definition) is 1. The van der Waals surface area contributed by atoms with Crippen LogP contribution in [0.4, 0.5) is 5.69 Å². The highest BCUT2D eigenvalue weighted by molar-refractivity contribution is 5.98. The fourth-order valence-corrected chi connectivity index (χ4v) is 1.67. The molecule has 0 aliphatic carbocycles. The summed E-state index contributed by atoms with van der Waals surface area (Å²) in [4.78, 5) is 33.4. The number of nitro benzene ring substituents is 1. The van der Waals surface area contributed by atoms with E-state index >= 15 is 0 Å². The van der Waals surface area contributed by atoms with E-state index in [1.54, 1.807) is 20.8 Å². The molecule has 0 aliphatic heterocycles. The number of Topliss-reactive ketones (excluding diaryl/α,β-unsaturated/α-hetero) is 1. The number of carbonyl (C=O) groups excluding carboxylic acids is 2. The molecular weight excluding hydrogens is 248 g/mol. The quantitative estimate of drug-likeness (QED) is 0.650. The SMILES string of the molecule is CCC(=O)C(C)NC(=O)c1ccc([N+](=O)[O-])c(C)c1. The van der Waals surface area contributed by atoms with Crippen LogP contribution in [0.2, 0.25) is 0 Å². The van der Waals surface area contributed by atoms with Gasteiger partial charge in [-0.15, -0.1) is 0 Å². The topological polar surface area (TPSA) is 89.3 Å². The summed E-state index contributed by atoms with van der Waals surface area (Å²) in [5, 5.41) is 13.2. The standard InChI is InChI=1S/C13H16N2O4/c1-4-12(16)9(3)14-13(17)10-5-6-11(15(18)19)8(2)7-10/h5-7,9H,4H2,1-3H3,(H,14,17). The molecule has 102 valence electrons. The molecule has 0 radical (unpaired) electrons. The van der Waals surface area contributed by atoms with E-state index in [4.69, 9.17) is 0 Å². The molecule has 6 nitrogen and oxygen atoms in total. The number of amides is 1. The summed E-state index contributed by atoms with van der Waals surface area (Å²) in [6.07, 6.45) is 0.348. The fourth-order valence-electron chi connectivity index (χ4n) is 1.67. The highest BCUT2D eigenvalue weighted by Crippen LogP contribution is 2.18. The molecule has 1 aromatic rings. The van der Waals surface area contributed by atoms with E-state index in [9.17, 15) is 19.7 Å². The van der Waals surface area contributed by atoms with Crippen molar-refractivity contribution in [2.45, 2.75) is 33.2 Å². The zero-order valence-corrected chi connectivity index (χ0v) is 11.1. The minimum atomic E-state index is -0.562. The largest absolute Gasteiger partial charge is 0.343 e. The van der Waals surface area contributed by atoms with E-state index in [1.807, 2.05) is 0 Å². The van der Waals surface area contributed by atoms with E-state index in [2.05, 4.69) is 5.32 Å². The molecule has 0 bridgehead atoms. The Labute approximate surface area is 111 Å². The van der Waals surface area contributed by atoms with Crippen LogP contribution in [-0.4, -0.2) is 22.7 Å². The van der Waals surface area contributed by atoms with Gasteiger partial charge in [-0.1, -0.05) is 6.92 Å². The minimum absolute atomic E-state index is 0.0331. The van der Waals surface area contributed by atoms with Gasteiger partial charge >= 0.3 is 0 Å². The number of hydrogen-bond acceptors (Lipinski definition) is 4. The molecule has 1 N–H and O–H groups in total. The molecule has 1 atom stereocenters. The summed E-state index contributed by atoms with van der Waals surface area (Å²) in [5.74, 6) is -0.473. The first-order valence-corrected chi connectivity index (χ1v) is 5.95. The van der Waals surface area contributed by atoms with Gasteiger partial charge in [0.25, 0.3) is 11.6 Å². The molecule has 1 amide bonds. The van der Waals surface area contributed by atoms with Crippen LogP contribution >= 0.6 is 0 Å². The minimum Gasteiger partial charge on any atom is -0.343 e. The van der Waals surface area contributed by atoms with Crippen molar-refractivity contribution >= 4 is 17.4 Å². The molecule has 0 spiro atoms. The van der Waals surface area contributed by atoms with E-state index in [-0.39, 0.29) is 11.5 Å². The van der Waals surface area contributed by atoms with Crippen LogP contribution in [0.25, 0.3) is 0 Å². The van der Waals surface area contributed by atoms with Crippen LogP contribution in [0.1, 0.15) is 36.2 Å². The second kappa shape index (κ2) is 6.08. The Hall–Kier alpha value is -2.24. The maximum absolute atomic E-state index is 11.9. The van der Waals surface area contributed by atoms with Crippen LogP contribution in [-0.2, 0) is 4.79 Å². The Morgan fingerprint density at radius 1 is 1.42 bits per heavy atom. The van der Waals surface area contributed by atoms with Crippen LogP contribution in [0.5, 0.6) is 0 Å². The highest BCUT2D eigenvalue weighted by Gasteiger charge is 2.17. The smallest absolute Gasteiger partial charge is 0.272 e. The number of nitrogens with one attached hydrogen (secondary N) is 1. The lowest BCUT2D eigenvalue weighted by Crippen LogP contribution is -2.38. The normalized spacial score (nSPS) is 11.7. The zero-order valence-electron chi connectivity index (χ0n) is 11.1. The Morgan fingerprint density at radius 3 is 2.53 bits per heavy atom. The molecule has 1 rings (SSSR count). The van der Waals surface area contributed by atoms with Gasteiger partial charge in [0.1, 0.15) is 0 Å². The number of nitro groups is 1. The molecule has 0 aromatic heterocycles. The predicted molar refractivity (Wildman–Crippen MR) is 70.1 cm³/mol. The average Bonchev–Trinajstić information content (AvgIpc) is 2.36. The molecule has 1 unspecified atom stereocenters. The van der Waals surface area contributed by atoms with Crippen LogP contribution in [0, 0.1) is 17.0 Å². The van der Waals surface area contributed by atoms with Crippen molar-refractivity contribution in [2.75, 3.05) is 0 Å². The summed E-state index contributed by atoms with van der Waals surface area (Å²) in [6, 6.07) is 3.55. The van der Waals surface area contributed by atoms with Gasteiger partial charge < -0.3 is 5.32 Å². The van der Waals surface area contributed by atoms with Crippen molar-refractivity contribution < 1.29 is 14.5 Å². The molecule has 0 aliphatic rings. The maximum atomic E-state index is 11.9. The molecule has 19 heavy (non-hydrogen) atoms. The number of carbonyl (C=O) groups is 2. The number of aryl methyl sites for hydroxylation is 1. The Morgan fingerprint density at radius 2 is 2.05 bits per heavy atom. The number of ketones is 1. The predicted octanol–water partition coefficient (Wildman–Crippen LogP) is 2.00.